The molecule has 0 fully saturated rings. The van der Waals surface area contributed by atoms with E-state index in [1.54, 1.807) is 19.4 Å². The lowest BCUT2D eigenvalue weighted by molar-refractivity contribution is -0.129. The van der Waals surface area contributed by atoms with Gasteiger partial charge in [-0.2, -0.15) is 0 Å². The van der Waals surface area contributed by atoms with E-state index in [1.165, 1.54) is 11.0 Å². The Balaban J connectivity index is 1.98. The van der Waals surface area contributed by atoms with Gasteiger partial charge in [-0.3, -0.25) is 4.79 Å². The minimum absolute atomic E-state index is 0.0222. The third-order valence-corrected chi connectivity index (χ3v) is 2.71. The number of H-pyrrole nitrogens is 1. The van der Waals surface area contributed by atoms with Crippen molar-refractivity contribution in [3.8, 4) is 0 Å². The predicted octanol–water partition coefficient (Wildman–Crippen LogP) is 1.89. The fraction of sp³-hybridized carbons (Fsp3) is 0.231. The lowest BCUT2D eigenvalue weighted by Crippen LogP contribution is -2.28. The highest BCUT2D eigenvalue weighted by molar-refractivity contribution is 5.78. The van der Waals surface area contributed by atoms with E-state index < -0.39 is 11.6 Å². The molecule has 1 aromatic carbocycles. The van der Waals surface area contributed by atoms with E-state index >= 15 is 0 Å². The number of hydrogen-bond acceptors (Lipinski definition) is 2. The summed E-state index contributed by atoms with van der Waals surface area (Å²) < 4.78 is 25.8. The van der Waals surface area contributed by atoms with E-state index in [4.69, 9.17) is 0 Å². The molecule has 1 N–H and O–H groups in total. The minimum Gasteiger partial charge on any atom is -0.347 e. The van der Waals surface area contributed by atoms with Crippen molar-refractivity contribution in [3.63, 3.8) is 0 Å². The van der Waals surface area contributed by atoms with Crippen LogP contribution in [0.1, 0.15) is 11.4 Å². The Kier molecular flexibility index (Phi) is 3.89. The van der Waals surface area contributed by atoms with E-state index in [2.05, 4.69) is 9.97 Å². The van der Waals surface area contributed by atoms with Gasteiger partial charge >= 0.3 is 0 Å². The van der Waals surface area contributed by atoms with Crippen molar-refractivity contribution in [2.24, 2.45) is 0 Å². The number of aromatic nitrogens is 2. The van der Waals surface area contributed by atoms with Crippen LogP contribution in [-0.2, 0) is 17.8 Å². The van der Waals surface area contributed by atoms with Gasteiger partial charge in [-0.05, 0) is 17.7 Å². The van der Waals surface area contributed by atoms with Crippen LogP contribution in [0.2, 0.25) is 0 Å². The molecule has 0 radical (unpaired) electrons. The van der Waals surface area contributed by atoms with Gasteiger partial charge in [0.25, 0.3) is 0 Å². The summed E-state index contributed by atoms with van der Waals surface area (Å²) in [4.78, 5) is 20.3. The van der Waals surface area contributed by atoms with Crippen molar-refractivity contribution >= 4 is 5.91 Å². The molecule has 4 nitrogen and oxygen atoms in total. The maximum absolute atomic E-state index is 13.0. The molecule has 0 aliphatic rings. The Hall–Kier alpha value is -2.24. The number of rotatable bonds is 4. The first-order chi connectivity index (χ1) is 9.06. The van der Waals surface area contributed by atoms with Crippen molar-refractivity contribution in [1.82, 2.24) is 14.9 Å². The van der Waals surface area contributed by atoms with E-state index in [1.807, 2.05) is 0 Å². The smallest absolute Gasteiger partial charge is 0.227 e. The zero-order valence-electron chi connectivity index (χ0n) is 10.4. The number of carbonyl (C=O) groups is 1. The highest BCUT2D eigenvalue weighted by atomic mass is 19.2. The molecule has 0 aliphatic heterocycles. The molecule has 0 spiro atoms. The third kappa shape index (κ3) is 3.37. The molecule has 0 atom stereocenters. The van der Waals surface area contributed by atoms with Crippen LogP contribution in [0.4, 0.5) is 8.78 Å². The van der Waals surface area contributed by atoms with Gasteiger partial charge in [0.2, 0.25) is 5.91 Å². The summed E-state index contributed by atoms with van der Waals surface area (Å²) in [5.74, 6) is -1.39. The third-order valence-electron chi connectivity index (χ3n) is 2.71. The maximum atomic E-state index is 13.0. The summed E-state index contributed by atoms with van der Waals surface area (Å²) in [7, 11) is 1.63. The minimum atomic E-state index is -0.945. The maximum Gasteiger partial charge on any atom is 0.227 e. The van der Waals surface area contributed by atoms with Gasteiger partial charge in [-0.15, -0.1) is 0 Å². The Morgan fingerprint density at radius 2 is 2.16 bits per heavy atom. The highest BCUT2D eigenvalue weighted by Crippen LogP contribution is 2.10. The fourth-order valence-electron chi connectivity index (χ4n) is 1.66. The SMILES string of the molecule is CN(Cc1ncc[nH]1)C(=O)Cc1ccc(F)c(F)c1. The molecule has 0 bridgehead atoms. The van der Waals surface area contributed by atoms with Crippen molar-refractivity contribution in [2.45, 2.75) is 13.0 Å². The van der Waals surface area contributed by atoms with Crippen LogP contribution in [0, 0.1) is 11.6 Å². The number of nitrogens with one attached hydrogen (secondary N) is 1. The van der Waals surface area contributed by atoms with Gasteiger partial charge in [-0.1, -0.05) is 6.07 Å². The standard InChI is InChI=1S/C13H13F2N3O/c1-18(8-12-16-4-5-17-12)13(19)7-9-2-3-10(14)11(15)6-9/h2-6H,7-8H2,1H3,(H,16,17). The van der Waals surface area contributed by atoms with Crippen LogP contribution in [0.25, 0.3) is 0 Å². The molecular formula is C13H13F2N3O. The molecule has 1 amide bonds. The molecule has 1 heterocycles. The quantitative estimate of drug-likeness (QED) is 0.917. The van der Waals surface area contributed by atoms with Gasteiger partial charge in [0.1, 0.15) is 5.82 Å². The normalized spacial score (nSPS) is 10.5. The van der Waals surface area contributed by atoms with E-state index in [0.29, 0.717) is 17.9 Å². The number of nitrogens with zero attached hydrogens (tertiary/aromatic N) is 2. The molecule has 0 unspecified atom stereocenters. The molecule has 0 aliphatic carbocycles. The van der Waals surface area contributed by atoms with Crippen molar-refractivity contribution in [2.75, 3.05) is 7.05 Å². The lowest BCUT2D eigenvalue weighted by atomic mass is 10.1. The number of benzene rings is 1. The van der Waals surface area contributed by atoms with Gasteiger partial charge < -0.3 is 9.88 Å². The lowest BCUT2D eigenvalue weighted by Gasteiger charge is -2.15. The fourth-order valence-corrected chi connectivity index (χ4v) is 1.66. The van der Waals surface area contributed by atoms with Crippen LogP contribution in [0.3, 0.4) is 0 Å². The Morgan fingerprint density at radius 1 is 1.37 bits per heavy atom. The Bertz CT molecular complexity index is 569. The number of aromatic amines is 1. The summed E-state index contributed by atoms with van der Waals surface area (Å²) >= 11 is 0. The first kappa shape index (κ1) is 13.2. The van der Waals surface area contributed by atoms with Crippen molar-refractivity contribution in [3.05, 3.63) is 53.6 Å². The van der Waals surface area contributed by atoms with E-state index in [9.17, 15) is 13.6 Å². The van der Waals surface area contributed by atoms with E-state index in [-0.39, 0.29) is 12.3 Å². The highest BCUT2D eigenvalue weighted by Gasteiger charge is 2.12. The average Bonchev–Trinajstić information content (AvgIpc) is 2.86. The number of imidazole rings is 1. The average molecular weight is 265 g/mol. The van der Waals surface area contributed by atoms with Crippen LogP contribution >= 0.6 is 0 Å². The number of hydrogen-bond donors (Lipinski definition) is 1. The van der Waals surface area contributed by atoms with Crippen molar-refractivity contribution < 1.29 is 13.6 Å². The molecule has 0 saturated heterocycles. The van der Waals surface area contributed by atoms with E-state index in [0.717, 1.165) is 12.1 Å². The predicted molar refractivity (Wildman–Crippen MR) is 65.1 cm³/mol. The summed E-state index contributed by atoms with van der Waals surface area (Å²) in [5, 5.41) is 0. The van der Waals surface area contributed by atoms with Gasteiger partial charge in [0.15, 0.2) is 11.6 Å². The largest absolute Gasteiger partial charge is 0.347 e. The number of carbonyl (C=O) groups excluding carboxylic acids is 1. The van der Waals surface area contributed by atoms with Crippen LogP contribution in [0.5, 0.6) is 0 Å². The number of likely N-dealkylation sites (N-methyl/N-ethyl adjacent to an activating group) is 1. The summed E-state index contributed by atoms with van der Waals surface area (Å²) in [6.07, 6.45) is 3.29. The summed E-state index contributed by atoms with van der Waals surface area (Å²) in [6.45, 7) is 0.343. The number of halogens is 2. The molecule has 19 heavy (non-hydrogen) atoms. The zero-order chi connectivity index (χ0) is 13.8. The van der Waals surface area contributed by atoms with Crippen LogP contribution < -0.4 is 0 Å². The van der Waals surface area contributed by atoms with Crippen molar-refractivity contribution in [1.29, 1.82) is 0 Å². The second-order valence-electron chi connectivity index (χ2n) is 4.21. The second kappa shape index (κ2) is 5.60. The first-order valence-electron chi connectivity index (χ1n) is 5.72. The number of amides is 1. The topological polar surface area (TPSA) is 49.0 Å². The molecule has 2 rings (SSSR count). The Labute approximate surface area is 109 Å². The summed E-state index contributed by atoms with van der Waals surface area (Å²) in [5.41, 5.74) is 0.440. The van der Waals surface area contributed by atoms with Crippen LogP contribution in [-0.4, -0.2) is 27.8 Å². The summed E-state index contributed by atoms with van der Waals surface area (Å²) in [6, 6.07) is 3.45. The zero-order valence-corrected chi connectivity index (χ0v) is 10.4. The molecular weight excluding hydrogens is 252 g/mol. The Morgan fingerprint density at radius 3 is 2.79 bits per heavy atom. The molecule has 0 saturated carbocycles. The molecule has 6 heteroatoms. The second-order valence-corrected chi connectivity index (χ2v) is 4.21. The molecule has 1 aromatic heterocycles. The van der Waals surface area contributed by atoms with Gasteiger partial charge in [0.05, 0.1) is 13.0 Å². The molecule has 2 aromatic rings. The van der Waals surface area contributed by atoms with Crippen LogP contribution in [0.15, 0.2) is 30.6 Å². The van der Waals surface area contributed by atoms with Gasteiger partial charge in [-0.25, -0.2) is 13.8 Å². The van der Waals surface area contributed by atoms with Gasteiger partial charge in [0, 0.05) is 19.4 Å². The molecule has 100 valence electrons. The monoisotopic (exact) mass is 265 g/mol. The first-order valence-corrected chi connectivity index (χ1v) is 5.72.